The van der Waals surface area contributed by atoms with Gasteiger partial charge in [-0.3, -0.25) is 14.4 Å². The second-order valence-corrected chi connectivity index (χ2v) is 16.4. The molecule has 0 spiro atoms. The van der Waals surface area contributed by atoms with E-state index in [4.69, 9.17) is 14.2 Å². The molecule has 0 aliphatic heterocycles. The molecule has 0 radical (unpaired) electrons. The van der Waals surface area contributed by atoms with Crippen LogP contribution in [0.1, 0.15) is 252 Å². The summed E-state index contributed by atoms with van der Waals surface area (Å²) >= 11 is 0. The van der Waals surface area contributed by atoms with Crippen LogP contribution in [0.3, 0.4) is 0 Å². The lowest BCUT2D eigenvalue weighted by Crippen LogP contribution is -2.30. The molecule has 0 fully saturated rings. The molecule has 0 saturated carbocycles. The number of carbonyl (C=O) groups is 3. The smallest absolute Gasteiger partial charge is 0.306 e. The number of hydrogen-bond acceptors (Lipinski definition) is 6. The van der Waals surface area contributed by atoms with Gasteiger partial charge in [-0.1, -0.05) is 205 Å². The number of esters is 3. The van der Waals surface area contributed by atoms with E-state index in [0.29, 0.717) is 19.3 Å². The summed E-state index contributed by atoms with van der Waals surface area (Å²) in [4.78, 5) is 37.8. The first-order valence-corrected chi connectivity index (χ1v) is 24.5. The van der Waals surface area contributed by atoms with Crippen molar-refractivity contribution in [1.29, 1.82) is 0 Å². The number of unbranched alkanes of at least 4 members (excludes halogenated alkanes) is 28. The average Bonchev–Trinajstić information content (AvgIpc) is 3.21. The summed E-state index contributed by atoms with van der Waals surface area (Å²) in [5.41, 5.74) is 0. The number of ether oxygens (including phenoxy) is 3. The van der Waals surface area contributed by atoms with E-state index in [2.05, 4.69) is 57.2 Å². The van der Waals surface area contributed by atoms with E-state index >= 15 is 0 Å². The molecule has 6 nitrogen and oxygen atoms in total. The Morgan fingerprint density at radius 1 is 0.351 bits per heavy atom. The number of allylic oxidation sites excluding steroid dienone is 6. The second kappa shape index (κ2) is 46.3. The van der Waals surface area contributed by atoms with Gasteiger partial charge >= 0.3 is 17.9 Å². The summed E-state index contributed by atoms with van der Waals surface area (Å²) in [5.74, 6) is -0.897. The predicted octanol–water partition coefficient (Wildman–Crippen LogP) is 15.8. The third kappa shape index (κ3) is 44.6. The Balaban J connectivity index is 4.36. The van der Waals surface area contributed by atoms with Gasteiger partial charge in [-0.2, -0.15) is 0 Å². The van der Waals surface area contributed by atoms with Crippen LogP contribution in [-0.2, 0) is 28.6 Å². The summed E-state index contributed by atoms with van der Waals surface area (Å²) in [6.45, 7) is 6.55. The van der Waals surface area contributed by atoms with Gasteiger partial charge in [0.2, 0.25) is 0 Å². The van der Waals surface area contributed by atoms with Crippen molar-refractivity contribution in [2.75, 3.05) is 13.2 Å². The minimum Gasteiger partial charge on any atom is -0.462 e. The highest BCUT2D eigenvalue weighted by atomic mass is 16.6. The highest BCUT2D eigenvalue weighted by Gasteiger charge is 2.19. The van der Waals surface area contributed by atoms with Crippen LogP contribution >= 0.6 is 0 Å². The summed E-state index contributed by atoms with van der Waals surface area (Å²) in [5, 5.41) is 0. The molecule has 332 valence electrons. The topological polar surface area (TPSA) is 78.9 Å². The maximum absolute atomic E-state index is 12.7. The fraction of sp³-hybridized carbons (Fsp3) is 0.824. The largest absolute Gasteiger partial charge is 0.462 e. The van der Waals surface area contributed by atoms with Crippen molar-refractivity contribution < 1.29 is 28.6 Å². The maximum atomic E-state index is 12.7. The molecule has 0 aliphatic carbocycles. The van der Waals surface area contributed by atoms with Gasteiger partial charge in [0.15, 0.2) is 6.10 Å². The Hall–Kier alpha value is -2.37. The monoisotopic (exact) mass is 801 g/mol. The van der Waals surface area contributed by atoms with Gasteiger partial charge in [-0.05, 0) is 64.2 Å². The molecule has 0 aromatic heterocycles. The molecule has 0 rings (SSSR count). The first-order valence-electron chi connectivity index (χ1n) is 24.5. The van der Waals surface area contributed by atoms with Gasteiger partial charge in [-0.25, -0.2) is 0 Å². The highest BCUT2D eigenvalue weighted by molar-refractivity contribution is 5.71. The Morgan fingerprint density at radius 3 is 1.07 bits per heavy atom. The maximum Gasteiger partial charge on any atom is 0.306 e. The van der Waals surface area contributed by atoms with Crippen LogP contribution in [0, 0.1) is 0 Å². The summed E-state index contributed by atoms with van der Waals surface area (Å²) in [6.07, 6.45) is 52.6. The molecule has 1 atom stereocenters. The van der Waals surface area contributed by atoms with E-state index in [1.54, 1.807) is 0 Å². The summed E-state index contributed by atoms with van der Waals surface area (Å²) < 4.78 is 16.7. The van der Waals surface area contributed by atoms with Crippen molar-refractivity contribution in [3.63, 3.8) is 0 Å². The molecule has 0 heterocycles. The van der Waals surface area contributed by atoms with Crippen molar-refractivity contribution in [3.8, 4) is 0 Å². The van der Waals surface area contributed by atoms with Crippen LogP contribution in [0.5, 0.6) is 0 Å². The summed E-state index contributed by atoms with van der Waals surface area (Å²) in [6, 6.07) is 0. The van der Waals surface area contributed by atoms with Gasteiger partial charge in [0.05, 0.1) is 0 Å². The van der Waals surface area contributed by atoms with E-state index in [0.717, 1.165) is 83.5 Å². The molecule has 0 bridgehead atoms. The lowest BCUT2D eigenvalue weighted by molar-refractivity contribution is -0.167. The lowest BCUT2D eigenvalue weighted by Gasteiger charge is -2.18. The average molecular weight is 801 g/mol. The van der Waals surface area contributed by atoms with Gasteiger partial charge in [0.25, 0.3) is 0 Å². The predicted molar refractivity (Wildman–Crippen MR) is 242 cm³/mol. The van der Waals surface area contributed by atoms with E-state index in [-0.39, 0.29) is 31.1 Å². The van der Waals surface area contributed by atoms with E-state index in [1.807, 2.05) is 0 Å². The first-order chi connectivity index (χ1) is 28.0. The van der Waals surface area contributed by atoms with Crippen LogP contribution in [0.4, 0.5) is 0 Å². The molecule has 1 unspecified atom stereocenters. The fourth-order valence-corrected chi connectivity index (χ4v) is 6.88. The summed E-state index contributed by atoms with van der Waals surface area (Å²) in [7, 11) is 0. The normalized spacial score (nSPS) is 12.3. The zero-order valence-corrected chi connectivity index (χ0v) is 37.9. The fourth-order valence-electron chi connectivity index (χ4n) is 6.88. The Morgan fingerprint density at radius 2 is 0.649 bits per heavy atom. The zero-order chi connectivity index (χ0) is 41.5. The van der Waals surface area contributed by atoms with Crippen LogP contribution in [-0.4, -0.2) is 37.2 Å². The number of rotatable bonds is 44. The van der Waals surface area contributed by atoms with E-state index in [9.17, 15) is 14.4 Å². The van der Waals surface area contributed by atoms with Crippen molar-refractivity contribution in [2.24, 2.45) is 0 Å². The van der Waals surface area contributed by atoms with E-state index < -0.39 is 6.10 Å². The van der Waals surface area contributed by atoms with Gasteiger partial charge in [0, 0.05) is 19.3 Å². The first kappa shape index (κ1) is 54.6. The van der Waals surface area contributed by atoms with Gasteiger partial charge in [-0.15, -0.1) is 0 Å². The molecule has 0 saturated heterocycles. The second-order valence-electron chi connectivity index (χ2n) is 16.4. The third-order valence-corrected chi connectivity index (χ3v) is 10.6. The Kier molecular flexibility index (Phi) is 44.4. The minimum atomic E-state index is -0.776. The molecular formula is C51H92O6. The Labute approximate surface area is 353 Å². The van der Waals surface area contributed by atoms with E-state index in [1.165, 1.54) is 128 Å². The zero-order valence-electron chi connectivity index (χ0n) is 37.9. The SMILES string of the molecule is CCCC/C=C\CCCCCCC(=O)OCC(COC(=O)CCCCCCCC/C=C\C=C/CCCCC)OC(=O)CCCCCCCCCCCCCCCC. The minimum absolute atomic E-state index is 0.0796. The van der Waals surface area contributed by atoms with Crippen molar-refractivity contribution in [3.05, 3.63) is 36.5 Å². The number of hydrogen-bond donors (Lipinski definition) is 0. The Bertz CT molecular complexity index is 969. The molecule has 6 heteroatoms. The van der Waals surface area contributed by atoms with Gasteiger partial charge in [0.1, 0.15) is 13.2 Å². The molecule has 0 amide bonds. The van der Waals surface area contributed by atoms with Crippen molar-refractivity contribution in [2.45, 2.75) is 258 Å². The van der Waals surface area contributed by atoms with Crippen molar-refractivity contribution in [1.82, 2.24) is 0 Å². The third-order valence-electron chi connectivity index (χ3n) is 10.6. The standard InChI is InChI=1S/C51H92O6/c1-4-7-10-13-16-19-22-24-26-28-29-32-35-38-41-44-50(53)56-47-48(46-55-49(52)43-40-37-34-31-21-18-15-12-9-6-3)57-51(54)45-42-39-36-33-30-27-25-23-20-17-14-11-8-5-2/h15-16,18-19,22,24,48H,4-14,17,20-21,23,25-47H2,1-3H3/b18-15-,19-16-,24-22-. The lowest BCUT2D eigenvalue weighted by atomic mass is 10.0. The van der Waals surface area contributed by atoms with Crippen LogP contribution in [0.25, 0.3) is 0 Å². The highest BCUT2D eigenvalue weighted by Crippen LogP contribution is 2.15. The molecule has 0 aromatic carbocycles. The molecule has 57 heavy (non-hydrogen) atoms. The van der Waals surface area contributed by atoms with Crippen LogP contribution < -0.4 is 0 Å². The van der Waals surface area contributed by atoms with Crippen LogP contribution in [0.2, 0.25) is 0 Å². The van der Waals surface area contributed by atoms with Crippen LogP contribution in [0.15, 0.2) is 36.5 Å². The van der Waals surface area contributed by atoms with Crippen molar-refractivity contribution >= 4 is 17.9 Å². The molecule has 0 aliphatic rings. The molecule has 0 aromatic rings. The quantitative estimate of drug-likeness (QED) is 0.0201. The molecule has 0 N–H and O–H groups in total. The number of carbonyl (C=O) groups excluding carboxylic acids is 3. The van der Waals surface area contributed by atoms with Gasteiger partial charge < -0.3 is 14.2 Å². The molecular weight excluding hydrogens is 709 g/mol.